The third kappa shape index (κ3) is 4.10. The Labute approximate surface area is 168 Å². The first kappa shape index (κ1) is 19.8. The van der Waals surface area contributed by atoms with Gasteiger partial charge in [-0.1, -0.05) is 0 Å². The van der Waals surface area contributed by atoms with Crippen molar-refractivity contribution in [1.82, 2.24) is 23.5 Å². The van der Waals surface area contributed by atoms with Gasteiger partial charge < -0.3 is 14.7 Å². The van der Waals surface area contributed by atoms with Crippen LogP contribution in [0.4, 0.5) is 11.6 Å². The largest absolute Gasteiger partial charge is 0.354 e. The van der Waals surface area contributed by atoms with Crippen LogP contribution in [0.3, 0.4) is 0 Å². The molecule has 0 bridgehead atoms. The Morgan fingerprint density at radius 2 is 1.21 bits per heavy atom. The molecule has 10 heteroatoms. The Morgan fingerprint density at radius 1 is 0.750 bits per heavy atom. The van der Waals surface area contributed by atoms with E-state index in [1.807, 2.05) is 6.92 Å². The lowest BCUT2D eigenvalue weighted by Crippen LogP contribution is -2.52. The third-order valence-corrected chi connectivity index (χ3v) is 7.95. The topological polar surface area (TPSA) is 76.1 Å². The van der Waals surface area contributed by atoms with E-state index in [0.29, 0.717) is 39.3 Å². The molecule has 0 N–H and O–H groups in total. The van der Waals surface area contributed by atoms with Crippen molar-refractivity contribution >= 4 is 21.8 Å². The van der Waals surface area contributed by atoms with Gasteiger partial charge in [0.25, 0.3) is 10.2 Å². The Hall–Kier alpha value is -1.49. The molecule has 3 saturated heterocycles. The predicted molar refractivity (Wildman–Crippen MR) is 110 cm³/mol. The molecule has 4 rings (SSSR count). The van der Waals surface area contributed by atoms with Crippen molar-refractivity contribution in [2.24, 2.45) is 0 Å². The fourth-order valence-corrected chi connectivity index (χ4v) is 5.80. The van der Waals surface area contributed by atoms with Gasteiger partial charge in [0.15, 0.2) is 0 Å². The van der Waals surface area contributed by atoms with Gasteiger partial charge in [-0.15, -0.1) is 0 Å². The van der Waals surface area contributed by atoms with Crippen molar-refractivity contribution in [2.45, 2.75) is 19.8 Å². The minimum Gasteiger partial charge on any atom is -0.354 e. The second kappa shape index (κ2) is 8.10. The predicted octanol–water partition coefficient (Wildman–Crippen LogP) is -0.000580. The highest BCUT2D eigenvalue weighted by molar-refractivity contribution is 7.86. The number of rotatable bonds is 4. The maximum absolute atomic E-state index is 12.8. The molecule has 4 heterocycles. The number of hydrogen-bond acceptors (Lipinski definition) is 7. The first-order valence-electron chi connectivity index (χ1n) is 10.2. The molecular weight excluding hydrogens is 378 g/mol. The minimum absolute atomic E-state index is 0.506. The Kier molecular flexibility index (Phi) is 5.73. The number of piperazine rings is 2. The van der Waals surface area contributed by atoms with Gasteiger partial charge in [-0.25, -0.2) is 9.97 Å². The van der Waals surface area contributed by atoms with Crippen LogP contribution in [0, 0.1) is 6.92 Å². The summed E-state index contributed by atoms with van der Waals surface area (Å²) in [6.45, 7) is 9.56. The molecule has 3 fully saturated rings. The molecule has 9 nitrogen and oxygen atoms in total. The molecule has 0 aliphatic carbocycles. The maximum Gasteiger partial charge on any atom is 0.282 e. The van der Waals surface area contributed by atoms with Crippen LogP contribution in [-0.2, 0) is 10.2 Å². The molecular formula is C18H31N7O2S. The standard InChI is InChI=1S/C18H31N7O2S/c1-16-19-17(22-9-7-21(2)8-10-22)15-18(20-16)23-11-13-25(14-12-23)28(26,27)24-5-3-4-6-24/h15H,3-14H2,1-2H3. The fourth-order valence-electron chi connectivity index (χ4n) is 4.13. The molecule has 0 atom stereocenters. The van der Waals surface area contributed by atoms with Crippen molar-refractivity contribution < 1.29 is 8.42 Å². The molecule has 0 radical (unpaired) electrons. The maximum atomic E-state index is 12.8. The van der Waals surface area contributed by atoms with Gasteiger partial charge in [0, 0.05) is 71.5 Å². The number of aromatic nitrogens is 2. The van der Waals surface area contributed by atoms with Crippen molar-refractivity contribution in [1.29, 1.82) is 0 Å². The zero-order valence-corrected chi connectivity index (χ0v) is 17.7. The van der Waals surface area contributed by atoms with Gasteiger partial charge in [-0.05, 0) is 26.8 Å². The van der Waals surface area contributed by atoms with E-state index < -0.39 is 10.2 Å². The third-order valence-electron chi connectivity index (χ3n) is 5.92. The average molecular weight is 410 g/mol. The van der Waals surface area contributed by atoms with E-state index in [0.717, 1.165) is 56.5 Å². The molecule has 0 aromatic carbocycles. The lowest BCUT2D eigenvalue weighted by molar-refractivity contribution is 0.312. The van der Waals surface area contributed by atoms with Crippen LogP contribution in [0.2, 0.25) is 0 Å². The van der Waals surface area contributed by atoms with Crippen LogP contribution >= 0.6 is 0 Å². The minimum atomic E-state index is -3.31. The molecule has 28 heavy (non-hydrogen) atoms. The normalized spacial score (nSPS) is 23.5. The number of nitrogens with zero attached hydrogens (tertiary/aromatic N) is 7. The molecule has 1 aromatic rings. The van der Waals surface area contributed by atoms with Crippen molar-refractivity contribution in [3.05, 3.63) is 11.9 Å². The van der Waals surface area contributed by atoms with E-state index >= 15 is 0 Å². The molecule has 3 aliphatic rings. The van der Waals surface area contributed by atoms with Crippen molar-refractivity contribution in [3.8, 4) is 0 Å². The molecule has 0 saturated carbocycles. The molecule has 0 unspecified atom stereocenters. The van der Waals surface area contributed by atoms with Gasteiger partial charge in [-0.2, -0.15) is 17.0 Å². The smallest absolute Gasteiger partial charge is 0.282 e. The average Bonchev–Trinajstić information content (AvgIpc) is 3.24. The highest BCUT2D eigenvalue weighted by Gasteiger charge is 2.34. The van der Waals surface area contributed by atoms with E-state index in [9.17, 15) is 8.42 Å². The summed E-state index contributed by atoms with van der Waals surface area (Å²) in [5.41, 5.74) is 0. The number of likely N-dealkylation sites (N-methyl/N-ethyl adjacent to an activating group) is 1. The van der Waals surface area contributed by atoms with Gasteiger partial charge >= 0.3 is 0 Å². The van der Waals surface area contributed by atoms with E-state index in [1.165, 1.54) is 0 Å². The lowest BCUT2D eigenvalue weighted by atomic mass is 10.3. The highest BCUT2D eigenvalue weighted by Crippen LogP contribution is 2.23. The van der Waals surface area contributed by atoms with Gasteiger partial charge in [0.1, 0.15) is 17.5 Å². The molecule has 3 aliphatic heterocycles. The van der Waals surface area contributed by atoms with Gasteiger partial charge in [0.2, 0.25) is 0 Å². The van der Waals surface area contributed by atoms with Crippen LogP contribution < -0.4 is 9.80 Å². The van der Waals surface area contributed by atoms with Crippen LogP contribution in [0.15, 0.2) is 6.07 Å². The zero-order valence-electron chi connectivity index (χ0n) is 16.9. The number of hydrogen-bond donors (Lipinski definition) is 0. The summed E-state index contributed by atoms with van der Waals surface area (Å²) in [6, 6.07) is 2.06. The summed E-state index contributed by atoms with van der Waals surface area (Å²) in [7, 11) is -1.17. The monoisotopic (exact) mass is 409 g/mol. The van der Waals surface area contributed by atoms with E-state index in [4.69, 9.17) is 0 Å². The van der Waals surface area contributed by atoms with E-state index in [2.05, 4.69) is 37.8 Å². The highest BCUT2D eigenvalue weighted by atomic mass is 32.2. The zero-order chi connectivity index (χ0) is 19.7. The quantitative estimate of drug-likeness (QED) is 0.693. The fraction of sp³-hybridized carbons (Fsp3) is 0.778. The molecule has 0 spiro atoms. The first-order chi connectivity index (χ1) is 13.4. The second-order valence-electron chi connectivity index (χ2n) is 7.92. The molecule has 1 aromatic heterocycles. The van der Waals surface area contributed by atoms with Gasteiger partial charge in [-0.3, -0.25) is 0 Å². The Bertz CT molecular complexity index is 781. The summed E-state index contributed by atoms with van der Waals surface area (Å²) in [6.07, 6.45) is 1.93. The molecule has 156 valence electrons. The Balaban J connectivity index is 1.43. The first-order valence-corrected chi connectivity index (χ1v) is 11.6. The summed E-state index contributed by atoms with van der Waals surface area (Å²) in [5, 5.41) is 0. The van der Waals surface area contributed by atoms with Crippen LogP contribution in [0.1, 0.15) is 18.7 Å². The number of anilines is 2. The van der Waals surface area contributed by atoms with E-state index in [1.54, 1.807) is 8.61 Å². The summed E-state index contributed by atoms with van der Waals surface area (Å²) >= 11 is 0. The number of aryl methyl sites for hydroxylation is 1. The SMILES string of the molecule is Cc1nc(N2CCN(C)CC2)cc(N2CCN(S(=O)(=O)N3CCCC3)CC2)n1. The van der Waals surface area contributed by atoms with E-state index in [-0.39, 0.29) is 0 Å². The van der Waals surface area contributed by atoms with Crippen LogP contribution in [0.25, 0.3) is 0 Å². The molecule has 0 amide bonds. The summed E-state index contributed by atoms with van der Waals surface area (Å²) in [4.78, 5) is 16.1. The Morgan fingerprint density at radius 3 is 1.75 bits per heavy atom. The second-order valence-corrected chi connectivity index (χ2v) is 9.85. The van der Waals surface area contributed by atoms with Gasteiger partial charge in [0.05, 0.1) is 0 Å². The van der Waals surface area contributed by atoms with Crippen LogP contribution in [0.5, 0.6) is 0 Å². The van der Waals surface area contributed by atoms with Crippen molar-refractivity contribution in [2.75, 3.05) is 82.3 Å². The summed E-state index contributed by atoms with van der Waals surface area (Å²) < 4.78 is 28.8. The van der Waals surface area contributed by atoms with Crippen molar-refractivity contribution in [3.63, 3.8) is 0 Å². The summed E-state index contributed by atoms with van der Waals surface area (Å²) in [5.74, 6) is 2.64. The van der Waals surface area contributed by atoms with Crippen LogP contribution in [-0.4, -0.2) is 104 Å². The lowest BCUT2D eigenvalue weighted by Gasteiger charge is -2.37.